The molecule has 0 aliphatic heterocycles. The molecule has 1 heterocycles. The molecule has 9 heteroatoms. The number of anilines is 3. The van der Waals surface area contributed by atoms with Crippen LogP contribution in [0, 0.1) is 6.92 Å². The average molecular weight is 405 g/mol. The highest BCUT2D eigenvalue weighted by Crippen LogP contribution is 2.31. The van der Waals surface area contributed by atoms with Crippen molar-refractivity contribution in [3.8, 4) is 0 Å². The summed E-state index contributed by atoms with van der Waals surface area (Å²) in [6.07, 6.45) is -4.20. The number of aromatic nitrogens is 2. The van der Waals surface area contributed by atoms with Gasteiger partial charge in [0.2, 0.25) is 5.95 Å². The summed E-state index contributed by atoms with van der Waals surface area (Å²) in [4.78, 5) is 7.53. The van der Waals surface area contributed by atoms with Gasteiger partial charge in [0.05, 0.1) is 0 Å². The zero-order valence-electron chi connectivity index (χ0n) is 12.8. The van der Waals surface area contributed by atoms with Gasteiger partial charge in [-0.05, 0) is 31.0 Å². The SMILES string of the molecule is Cc1c(Br)cccc1Nc1cc(C(F)(F)F)nc(NCCCO)n1. The molecular formula is C15H16BrF3N4O. The zero-order valence-corrected chi connectivity index (χ0v) is 14.4. The second-order valence-electron chi connectivity index (χ2n) is 5.00. The van der Waals surface area contributed by atoms with Gasteiger partial charge in [-0.3, -0.25) is 0 Å². The van der Waals surface area contributed by atoms with Gasteiger partial charge in [0.25, 0.3) is 0 Å². The van der Waals surface area contributed by atoms with Crippen molar-refractivity contribution >= 4 is 33.4 Å². The lowest BCUT2D eigenvalue weighted by molar-refractivity contribution is -0.141. The minimum absolute atomic E-state index is 0.0324. The summed E-state index contributed by atoms with van der Waals surface area (Å²) in [6.45, 7) is 2.03. The van der Waals surface area contributed by atoms with Crippen LogP contribution in [0.3, 0.4) is 0 Å². The Morgan fingerprint density at radius 3 is 2.67 bits per heavy atom. The lowest BCUT2D eigenvalue weighted by Gasteiger charge is -2.14. The molecule has 24 heavy (non-hydrogen) atoms. The van der Waals surface area contributed by atoms with Crippen LogP contribution >= 0.6 is 15.9 Å². The fourth-order valence-electron chi connectivity index (χ4n) is 1.90. The molecule has 0 saturated heterocycles. The molecule has 0 fully saturated rings. The number of hydrogen-bond donors (Lipinski definition) is 3. The Morgan fingerprint density at radius 2 is 2.00 bits per heavy atom. The molecule has 0 bridgehead atoms. The van der Waals surface area contributed by atoms with E-state index in [2.05, 4.69) is 36.5 Å². The number of hydrogen-bond acceptors (Lipinski definition) is 5. The third kappa shape index (κ3) is 4.81. The van der Waals surface area contributed by atoms with Gasteiger partial charge in [0.15, 0.2) is 5.69 Å². The van der Waals surface area contributed by atoms with Gasteiger partial charge in [0.1, 0.15) is 5.82 Å². The van der Waals surface area contributed by atoms with Crippen LogP contribution in [0.15, 0.2) is 28.7 Å². The van der Waals surface area contributed by atoms with Gasteiger partial charge in [0, 0.05) is 29.4 Å². The Morgan fingerprint density at radius 1 is 1.25 bits per heavy atom. The molecule has 3 N–H and O–H groups in total. The minimum Gasteiger partial charge on any atom is -0.396 e. The quantitative estimate of drug-likeness (QED) is 0.632. The smallest absolute Gasteiger partial charge is 0.396 e. The van der Waals surface area contributed by atoms with Crippen molar-refractivity contribution in [2.24, 2.45) is 0 Å². The van der Waals surface area contributed by atoms with Crippen LogP contribution in [0.2, 0.25) is 0 Å². The highest BCUT2D eigenvalue weighted by molar-refractivity contribution is 9.10. The van der Waals surface area contributed by atoms with Gasteiger partial charge < -0.3 is 15.7 Å². The van der Waals surface area contributed by atoms with Gasteiger partial charge >= 0.3 is 6.18 Å². The molecule has 2 aromatic rings. The first kappa shape index (κ1) is 18.5. The van der Waals surface area contributed by atoms with Crippen LogP contribution in [0.25, 0.3) is 0 Å². The van der Waals surface area contributed by atoms with Gasteiger partial charge in [-0.15, -0.1) is 0 Å². The molecule has 130 valence electrons. The second kappa shape index (κ2) is 7.80. The summed E-state index contributed by atoms with van der Waals surface area (Å²) in [6, 6.07) is 6.21. The van der Waals surface area contributed by atoms with Crippen LogP contribution in [0.4, 0.5) is 30.6 Å². The number of aliphatic hydroxyl groups excluding tert-OH is 1. The molecule has 0 spiro atoms. The first-order valence-corrected chi connectivity index (χ1v) is 7.93. The predicted octanol–water partition coefficient (Wildman–Crippen LogP) is 4.10. The van der Waals surface area contributed by atoms with E-state index in [9.17, 15) is 13.2 Å². The van der Waals surface area contributed by atoms with Crippen LogP contribution < -0.4 is 10.6 Å². The van der Waals surface area contributed by atoms with Crippen molar-refractivity contribution in [2.45, 2.75) is 19.5 Å². The summed E-state index contributed by atoms with van der Waals surface area (Å²) < 4.78 is 39.9. The molecule has 0 saturated carbocycles. The normalized spacial score (nSPS) is 11.4. The Balaban J connectivity index is 2.33. The second-order valence-corrected chi connectivity index (χ2v) is 5.86. The molecule has 5 nitrogen and oxygen atoms in total. The van der Waals surface area contributed by atoms with E-state index < -0.39 is 11.9 Å². The Bertz CT molecular complexity index is 710. The Kier molecular flexibility index (Phi) is 6.00. The predicted molar refractivity (Wildman–Crippen MR) is 89.4 cm³/mol. The Hall–Kier alpha value is -1.87. The number of alkyl halides is 3. The van der Waals surface area contributed by atoms with E-state index in [1.807, 2.05) is 13.0 Å². The maximum Gasteiger partial charge on any atom is 0.433 e. The number of rotatable bonds is 6. The van der Waals surface area contributed by atoms with E-state index in [0.717, 1.165) is 16.1 Å². The lowest BCUT2D eigenvalue weighted by Crippen LogP contribution is -2.14. The standard InChI is InChI=1S/C15H16BrF3N4O/c1-9-10(16)4-2-5-11(9)21-13-8-12(15(17,18)19)22-14(23-13)20-6-3-7-24/h2,4-5,8,24H,3,6-7H2,1H3,(H2,20,21,22,23). The monoisotopic (exact) mass is 404 g/mol. The van der Waals surface area contributed by atoms with Crippen LogP contribution in [-0.2, 0) is 6.18 Å². The third-order valence-electron chi connectivity index (χ3n) is 3.17. The number of nitrogens with zero attached hydrogens (tertiary/aromatic N) is 2. The van der Waals surface area contributed by atoms with Crippen molar-refractivity contribution in [2.75, 3.05) is 23.8 Å². The van der Waals surface area contributed by atoms with E-state index >= 15 is 0 Å². The van der Waals surface area contributed by atoms with Crippen LogP contribution in [-0.4, -0.2) is 28.2 Å². The fourth-order valence-corrected chi connectivity index (χ4v) is 2.26. The molecule has 0 amide bonds. The highest BCUT2D eigenvalue weighted by Gasteiger charge is 2.33. The molecule has 1 aromatic heterocycles. The fraction of sp³-hybridized carbons (Fsp3) is 0.333. The van der Waals surface area contributed by atoms with Crippen molar-refractivity contribution in [3.05, 3.63) is 40.0 Å². The lowest BCUT2D eigenvalue weighted by atomic mass is 10.2. The molecule has 0 aliphatic carbocycles. The van der Waals surface area contributed by atoms with Gasteiger partial charge in [-0.1, -0.05) is 22.0 Å². The molecule has 0 radical (unpaired) electrons. The molecule has 0 atom stereocenters. The first-order chi connectivity index (χ1) is 11.3. The number of benzene rings is 1. The minimum atomic E-state index is -4.58. The number of halogens is 4. The summed E-state index contributed by atoms with van der Waals surface area (Å²) >= 11 is 3.37. The largest absolute Gasteiger partial charge is 0.433 e. The molecule has 0 unspecified atom stereocenters. The number of aliphatic hydroxyl groups is 1. The Labute approximate surface area is 145 Å². The van der Waals surface area contributed by atoms with Gasteiger partial charge in [-0.2, -0.15) is 18.2 Å². The van der Waals surface area contributed by atoms with E-state index in [-0.39, 0.29) is 24.9 Å². The molecule has 1 aromatic carbocycles. The van der Waals surface area contributed by atoms with Crippen LogP contribution in [0.5, 0.6) is 0 Å². The van der Waals surface area contributed by atoms with Crippen molar-refractivity contribution in [1.29, 1.82) is 0 Å². The maximum absolute atomic E-state index is 13.0. The summed E-state index contributed by atoms with van der Waals surface area (Å²) in [5.41, 5.74) is 0.441. The van der Waals surface area contributed by atoms with Crippen molar-refractivity contribution in [1.82, 2.24) is 9.97 Å². The average Bonchev–Trinajstić information content (AvgIpc) is 2.51. The van der Waals surface area contributed by atoms with E-state index in [4.69, 9.17) is 5.11 Å². The van der Waals surface area contributed by atoms with Gasteiger partial charge in [-0.25, -0.2) is 4.98 Å². The van der Waals surface area contributed by atoms with E-state index in [0.29, 0.717) is 12.1 Å². The summed E-state index contributed by atoms with van der Waals surface area (Å²) in [7, 11) is 0. The zero-order chi connectivity index (χ0) is 17.7. The topological polar surface area (TPSA) is 70.1 Å². The van der Waals surface area contributed by atoms with Crippen molar-refractivity contribution < 1.29 is 18.3 Å². The van der Waals surface area contributed by atoms with Crippen LogP contribution in [0.1, 0.15) is 17.7 Å². The van der Waals surface area contributed by atoms with Crippen molar-refractivity contribution in [3.63, 3.8) is 0 Å². The maximum atomic E-state index is 13.0. The number of nitrogens with one attached hydrogen (secondary N) is 2. The highest BCUT2D eigenvalue weighted by atomic mass is 79.9. The third-order valence-corrected chi connectivity index (χ3v) is 4.02. The summed E-state index contributed by atoms with van der Waals surface area (Å²) in [5, 5.41) is 14.3. The van der Waals surface area contributed by atoms with E-state index in [1.54, 1.807) is 12.1 Å². The molecule has 0 aliphatic rings. The first-order valence-electron chi connectivity index (χ1n) is 7.14. The molecular weight excluding hydrogens is 389 g/mol. The van der Waals surface area contributed by atoms with E-state index in [1.165, 1.54) is 0 Å². The molecule has 2 rings (SSSR count). The summed E-state index contributed by atoms with van der Waals surface area (Å²) in [5.74, 6) is -0.113.